The summed E-state index contributed by atoms with van der Waals surface area (Å²) in [6.07, 6.45) is 12.5. The average Bonchev–Trinajstić information content (AvgIpc) is 2.59. The molecule has 1 rings (SSSR count). The Bertz CT molecular complexity index is 503. The molecule has 133 valence electrons. The number of rotatable bonds is 13. The summed E-state index contributed by atoms with van der Waals surface area (Å²) in [7, 11) is 0. The van der Waals surface area contributed by atoms with Gasteiger partial charge in [-0.3, -0.25) is 14.9 Å². The molecule has 1 aromatic rings. The summed E-state index contributed by atoms with van der Waals surface area (Å²) in [6.45, 7) is 2.84. The molecule has 0 saturated carbocycles. The van der Waals surface area contributed by atoms with Crippen molar-refractivity contribution in [2.75, 3.05) is 6.54 Å². The first-order chi connectivity index (χ1) is 11.6. The molecule has 0 heterocycles. The summed E-state index contributed by atoms with van der Waals surface area (Å²) in [5, 5.41) is 13.5. The number of amides is 1. The van der Waals surface area contributed by atoms with Crippen molar-refractivity contribution in [2.24, 2.45) is 0 Å². The molecule has 0 atom stereocenters. The molecule has 0 aliphatic heterocycles. The van der Waals surface area contributed by atoms with E-state index < -0.39 is 4.92 Å². The molecule has 1 aromatic carbocycles. The Morgan fingerprint density at radius 3 is 2.25 bits per heavy atom. The van der Waals surface area contributed by atoms with E-state index in [0.717, 1.165) is 12.8 Å². The second kappa shape index (κ2) is 12.5. The quantitative estimate of drug-likeness (QED) is 0.312. The lowest BCUT2D eigenvalue weighted by Gasteiger charge is -2.05. The highest BCUT2D eigenvalue weighted by Gasteiger charge is 2.11. The number of carbonyl (C=O) groups excluding carboxylic acids is 1. The molecule has 5 heteroatoms. The molecule has 24 heavy (non-hydrogen) atoms. The van der Waals surface area contributed by atoms with Crippen LogP contribution in [0.1, 0.15) is 81.5 Å². The van der Waals surface area contributed by atoms with E-state index in [1.54, 1.807) is 0 Å². The number of non-ortho nitro benzene ring substituents is 1. The zero-order valence-corrected chi connectivity index (χ0v) is 14.7. The summed E-state index contributed by atoms with van der Waals surface area (Å²) in [4.78, 5) is 22.1. The molecule has 1 amide bonds. The lowest BCUT2D eigenvalue weighted by Crippen LogP contribution is -2.24. The molecule has 0 saturated heterocycles. The van der Waals surface area contributed by atoms with Gasteiger partial charge >= 0.3 is 0 Å². The number of nitrogens with one attached hydrogen (secondary N) is 1. The number of nitro groups is 1. The van der Waals surface area contributed by atoms with E-state index in [0.29, 0.717) is 6.54 Å². The second-order valence-electron chi connectivity index (χ2n) is 6.16. The van der Waals surface area contributed by atoms with Crippen LogP contribution in [0.2, 0.25) is 0 Å². The van der Waals surface area contributed by atoms with Crippen LogP contribution in [0.15, 0.2) is 18.2 Å². The minimum atomic E-state index is -0.507. The van der Waals surface area contributed by atoms with Crippen LogP contribution in [0.25, 0.3) is 0 Å². The largest absolute Gasteiger partial charge is 0.352 e. The number of nitro benzene ring substituents is 1. The fraction of sp³-hybridized carbons (Fsp3) is 0.632. The van der Waals surface area contributed by atoms with Crippen molar-refractivity contribution in [1.82, 2.24) is 5.32 Å². The highest BCUT2D eigenvalue weighted by Crippen LogP contribution is 2.13. The highest BCUT2D eigenvalue weighted by molar-refractivity contribution is 5.94. The van der Waals surface area contributed by atoms with Crippen molar-refractivity contribution >= 4 is 11.6 Å². The molecule has 1 N–H and O–H groups in total. The van der Waals surface area contributed by atoms with Gasteiger partial charge in [0.15, 0.2) is 0 Å². The summed E-state index contributed by atoms with van der Waals surface area (Å²) >= 11 is 0. The van der Waals surface area contributed by atoms with Crippen molar-refractivity contribution in [1.29, 1.82) is 0 Å². The molecule has 5 nitrogen and oxygen atoms in total. The monoisotopic (exact) mass is 333 g/mol. The standard InChI is InChI=1S/C19H29N2O3/c1-2-3-4-5-6-7-8-9-10-11-15-20-19(22)17-13-12-14-18(16-17)21(23)24/h12,14,16H,2-11,15H2,1H3,(H,20,22). The topological polar surface area (TPSA) is 72.2 Å². The van der Waals surface area contributed by atoms with Gasteiger partial charge in [-0.1, -0.05) is 64.7 Å². The number of hydrogen-bond acceptors (Lipinski definition) is 3. The molecular weight excluding hydrogens is 304 g/mol. The number of benzene rings is 1. The van der Waals surface area contributed by atoms with Crippen molar-refractivity contribution < 1.29 is 9.72 Å². The average molecular weight is 333 g/mol. The van der Waals surface area contributed by atoms with Gasteiger partial charge < -0.3 is 5.32 Å². The normalized spacial score (nSPS) is 10.5. The van der Waals surface area contributed by atoms with Gasteiger partial charge in [0.1, 0.15) is 0 Å². The molecule has 0 aromatic heterocycles. The van der Waals surface area contributed by atoms with E-state index in [1.165, 1.54) is 69.6 Å². The SMILES string of the molecule is CCCCCCCCCCCCNC(=O)c1[c]ccc([N+](=O)[O-])c1. The Kier molecular flexibility index (Phi) is 10.5. The summed E-state index contributed by atoms with van der Waals surface area (Å²) in [5.41, 5.74) is 0.133. The van der Waals surface area contributed by atoms with E-state index in [9.17, 15) is 14.9 Å². The third-order valence-electron chi connectivity index (χ3n) is 4.06. The summed E-state index contributed by atoms with van der Waals surface area (Å²) in [6, 6.07) is 6.74. The molecule has 0 bridgehead atoms. The van der Waals surface area contributed by atoms with Crippen LogP contribution < -0.4 is 5.32 Å². The van der Waals surface area contributed by atoms with Crippen LogP contribution in [0.5, 0.6) is 0 Å². The molecule has 1 radical (unpaired) electrons. The molecule has 0 unspecified atom stereocenters. The zero-order chi connectivity index (χ0) is 17.6. The third-order valence-corrected chi connectivity index (χ3v) is 4.06. The van der Waals surface area contributed by atoms with Crippen molar-refractivity contribution in [2.45, 2.75) is 71.1 Å². The van der Waals surface area contributed by atoms with Gasteiger partial charge in [-0.2, -0.15) is 0 Å². The minimum Gasteiger partial charge on any atom is -0.352 e. The van der Waals surface area contributed by atoms with Gasteiger partial charge in [0.25, 0.3) is 11.6 Å². The Balaban J connectivity index is 2.06. The van der Waals surface area contributed by atoms with E-state index >= 15 is 0 Å². The van der Waals surface area contributed by atoms with Crippen molar-refractivity contribution in [3.63, 3.8) is 0 Å². The zero-order valence-electron chi connectivity index (χ0n) is 14.7. The van der Waals surface area contributed by atoms with Gasteiger partial charge in [-0.25, -0.2) is 0 Å². The smallest absolute Gasteiger partial charge is 0.270 e. The first-order valence-electron chi connectivity index (χ1n) is 9.09. The van der Waals surface area contributed by atoms with E-state index in [1.807, 2.05) is 0 Å². The van der Waals surface area contributed by atoms with Crippen LogP contribution in [0.3, 0.4) is 0 Å². The molecule has 0 fully saturated rings. The number of hydrogen-bond donors (Lipinski definition) is 1. The Hall–Kier alpha value is -1.91. The minimum absolute atomic E-state index is 0.0853. The summed E-state index contributed by atoms with van der Waals surface area (Å²) in [5.74, 6) is -0.297. The first kappa shape index (κ1) is 20.1. The van der Waals surface area contributed by atoms with E-state index in [4.69, 9.17) is 0 Å². The maximum absolute atomic E-state index is 11.9. The fourth-order valence-electron chi connectivity index (χ4n) is 2.61. The maximum atomic E-state index is 11.9. The summed E-state index contributed by atoms with van der Waals surface area (Å²) < 4.78 is 0. The van der Waals surface area contributed by atoms with Gasteiger partial charge in [-0.15, -0.1) is 0 Å². The van der Waals surface area contributed by atoms with Gasteiger partial charge in [0, 0.05) is 18.7 Å². The van der Waals surface area contributed by atoms with Crippen molar-refractivity contribution in [3.05, 3.63) is 39.9 Å². The lowest BCUT2D eigenvalue weighted by molar-refractivity contribution is -0.384. The van der Waals surface area contributed by atoms with Gasteiger partial charge in [0.2, 0.25) is 0 Å². The number of unbranched alkanes of at least 4 members (excludes halogenated alkanes) is 9. The third kappa shape index (κ3) is 8.65. The Morgan fingerprint density at radius 2 is 1.67 bits per heavy atom. The molecular formula is C19H29N2O3. The van der Waals surface area contributed by atoms with Crippen LogP contribution in [-0.2, 0) is 0 Å². The predicted molar refractivity (Wildman–Crippen MR) is 96.1 cm³/mol. The van der Waals surface area contributed by atoms with E-state index in [-0.39, 0.29) is 17.2 Å². The second-order valence-corrected chi connectivity index (χ2v) is 6.16. The van der Waals surface area contributed by atoms with E-state index in [2.05, 4.69) is 18.3 Å². The number of nitrogens with zero attached hydrogens (tertiary/aromatic N) is 1. The van der Waals surface area contributed by atoms with Gasteiger partial charge in [-0.05, 0) is 18.6 Å². The van der Waals surface area contributed by atoms with Crippen LogP contribution in [-0.4, -0.2) is 17.4 Å². The van der Waals surface area contributed by atoms with Crippen LogP contribution in [0.4, 0.5) is 5.69 Å². The Labute approximate surface area is 145 Å². The predicted octanol–water partition coefficient (Wildman–Crippen LogP) is 5.05. The Morgan fingerprint density at radius 1 is 1.08 bits per heavy atom. The number of carbonyl (C=O) groups is 1. The molecule has 0 aliphatic rings. The lowest BCUT2D eigenvalue weighted by atomic mass is 10.1. The maximum Gasteiger partial charge on any atom is 0.270 e. The van der Waals surface area contributed by atoms with Crippen LogP contribution >= 0.6 is 0 Å². The van der Waals surface area contributed by atoms with Crippen molar-refractivity contribution in [3.8, 4) is 0 Å². The fourth-order valence-corrected chi connectivity index (χ4v) is 2.61. The van der Waals surface area contributed by atoms with Crippen LogP contribution in [0, 0.1) is 16.2 Å². The molecule has 0 aliphatic carbocycles. The highest BCUT2D eigenvalue weighted by atomic mass is 16.6. The molecule has 0 spiro atoms. The first-order valence-corrected chi connectivity index (χ1v) is 9.09. The van der Waals surface area contributed by atoms with Gasteiger partial charge in [0.05, 0.1) is 10.5 Å².